The van der Waals surface area contributed by atoms with Crippen molar-refractivity contribution < 1.29 is 0 Å². The van der Waals surface area contributed by atoms with E-state index in [1.165, 1.54) is 31.9 Å². The van der Waals surface area contributed by atoms with Gasteiger partial charge in [0.05, 0.1) is 13.2 Å². The lowest BCUT2D eigenvalue weighted by molar-refractivity contribution is 0.658. The van der Waals surface area contributed by atoms with Crippen molar-refractivity contribution in [2.45, 2.75) is 64.3 Å². The summed E-state index contributed by atoms with van der Waals surface area (Å²) in [4.78, 5) is 0. The molecule has 2 heterocycles. The average Bonchev–Trinajstić information content (AvgIpc) is 2.86. The molecule has 0 aromatic rings. The van der Waals surface area contributed by atoms with Gasteiger partial charge in [0, 0.05) is 29.6 Å². The first-order valence-corrected chi connectivity index (χ1v) is 7.18. The maximum absolute atomic E-state index is 5.49. The highest BCUT2D eigenvalue weighted by Crippen LogP contribution is 2.36. The lowest BCUT2D eigenvalue weighted by Gasteiger charge is -2.12. The van der Waals surface area contributed by atoms with Gasteiger partial charge in [-0.15, -0.1) is 0 Å². The Balaban J connectivity index is 0.000000171. The van der Waals surface area contributed by atoms with Gasteiger partial charge in [-0.05, 0) is 0 Å². The van der Waals surface area contributed by atoms with Crippen LogP contribution in [0.15, 0.2) is 0 Å². The minimum Gasteiger partial charge on any atom is -0.0816 e. The molecule has 2 unspecified atom stereocenters. The molecule has 0 aromatic heterocycles. The smallest absolute Gasteiger partial charge is 0.0816 e. The highest BCUT2D eigenvalue weighted by molar-refractivity contribution is 7.32. The summed E-state index contributed by atoms with van der Waals surface area (Å²) in [6, 6.07) is 0. The van der Waals surface area contributed by atoms with E-state index < -0.39 is 0 Å². The minimum absolute atomic E-state index is 0.685. The Morgan fingerprint density at radius 2 is 1.53 bits per heavy atom. The van der Waals surface area contributed by atoms with Crippen LogP contribution >= 0.6 is 0 Å². The second-order valence-corrected chi connectivity index (χ2v) is 6.17. The minimum atomic E-state index is 0.685. The largest absolute Gasteiger partial charge is 0.0973 e. The van der Waals surface area contributed by atoms with E-state index in [1.807, 2.05) is 14.1 Å². The Morgan fingerprint density at radius 3 is 1.76 bits per heavy atom. The molecule has 2 saturated heterocycles. The van der Waals surface area contributed by atoms with Crippen LogP contribution < -0.4 is 0 Å². The van der Waals surface area contributed by atoms with Crippen LogP contribution in [0, 0.1) is 5.92 Å². The molecule has 0 nitrogen and oxygen atoms in total. The van der Waals surface area contributed by atoms with E-state index in [2.05, 4.69) is 20.8 Å². The van der Waals surface area contributed by atoms with Crippen LogP contribution in [-0.2, 0) is 0 Å². The number of hydrogen-bond acceptors (Lipinski definition) is 0. The van der Waals surface area contributed by atoms with Crippen molar-refractivity contribution in [2.75, 3.05) is 0 Å². The monoisotopic (exact) mass is 220 g/mol. The Bertz CT molecular complexity index is 202. The molecule has 17 heavy (non-hydrogen) atoms. The first kappa shape index (κ1) is 15.4. The van der Waals surface area contributed by atoms with Gasteiger partial charge in [-0.3, -0.25) is 0 Å². The van der Waals surface area contributed by atoms with Crippen molar-refractivity contribution >= 4 is 42.8 Å². The van der Waals surface area contributed by atoms with E-state index in [0.29, 0.717) is 6.60 Å². The van der Waals surface area contributed by atoms with E-state index in [4.69, 9.17) is 15.5 Å². The third-order valence-corrected chi connectivity index (χ3v) is 4.62. The summed E-state index contributed by atoms with van der Waals surface area (Å²) in [5.74, 6) is 2.56. The molecular formula is C11H22B6. The Kier molecular flexibility index (Phi) is 7.04. The topological polar surface area (TPSA) is 0 Å². The standard InChI is InChI=1S/C6H12B3.C5H10B3/c1-5-3-4-6(2)9(5)8-7;1-5-2-3-8(4-5)7-6/h5-6H,3-4H2,1-2H3;5H,2-4H2,1H3/t5-,6?;/m1./s1. The Hall–Kier alpha value is 0.390. The summed E-state index contributed by atoms with van der Waals surface area (Å²) >= 11 is 0. The maximum atomic E-state index is 5.49. The summed E-state index contributed by atoms with van der Waals surface area (Å²) in [5, 5.41) is 0. The molecule has 2 rings (SSSR count). The molecule has 0 bridgehead atoms. The van der Waals surface area contributed by atoms with Gasteiger partial charge in [-0.1, -0.05) is 70.2 Å². The highest BCUT2D eigenvalue weighted by Gasteiger charge is 2.30. The van der Waals surface area contributed by atoms with Gasteiger partial charge in [0.2, 0.25) is 0 Å². The first-order valence-electron chi connectivity index (χ1n) is 7.18. The summed E-state index contributed by atoms with van der Waals surface area (Å²) in [6.07, 6.45) is 6.73. The predicted octanol–water partition coefficient (Wildman–Crippen LogP) is 2.14. The maximum Gasteiger partial charge on any atom is 0.0973 e. The zero-order chi connectivity index (χ0) is 12.8. The van der Waals surface area contributed by atoms with Crippen LogP contribution in [-0.4, -0.2) is 42.8 Å². The van der Waals surface area contributed by atoms with Crippen molar-refractivity contribution in [2.24, 2.45) is 5.92 Å². The lowest BCUT2D eigenvalue weighted by Crippen LogP contribution is -2.26. The molecule has 0 N–H and O–H groups in total. The fourth-order valence-corrected chi connectivity index (χ4v) is 3.28. The van der Waals surface area contributed by atoms with E-state index in [0.717, 1.165) is 24.2 Å². The van der Waals surface area contributed by atoms with E-state index in [1.54, 1.807) is 0 Å². The van der Waals surface area contributed by atoms with Crippen molar-refractivity contribution in [3.8, 4) is 0 Å². The van der Waals surface area contributed by atoms with Gasteiger partial charge in [-0.25, -0.2) is 0 Å². The van der Waals surface area contributed by atoms with E-state index in [-0.39, 0.29) is 0 Å². The van der Waals surface area contributed by atoms with Gasteiger partial charge in [-0.2, -0.15) is 0 Å². The zero-order valence-corrected chi connectivity index (χ0v) is 11.7. The van der Waals surface area contributed by atoms with Crippen molar-refractivity contribution in [3.63, 3.8) is 0 Å². The highest BCUT2D eigenvalue weighted by atomic mass is 14.1. The summed E-state index contributed by atoms with van der Waals surface area (Å²) in [6.45, 7) is 8.29. The quantitative estimate of drug-likeness (QED) is 0.624. The number of hydrogen-bond donors (Lipinski definition) is 0. The van der Waals surface area contributed by atoms with Crippen LogP contribution in [0.3, 0.4) is 0 Å². The van der Waals surface area contributed by atoms with E-state index >= 15 is 0 Å². The summed E-state index contributed by atoms with van der Waals surface area (Å²) < 4.78 is 0. The third kappa shape index (κ3) is 4.87. The van der Waals surface area contributed by atoms with Crippen LogP contribution in [0.25, 0.3) is 0 Å². The molecule has 0 amide bonds. The number of rotatable bonds is 2. The van der Waals surface area contributed by atoms with Gasteiger partial charge in [0.1, 0.15) is 0 Å². The van der Waals surface area contributed by atoms with Crippen molar-refractivity contribution in [1.82, 2.24) is 0 Å². The summed E-state index contributed by atoms with van der Waals surface area (Å²) in [5.41, 5.74) is 0. The molecule has 0 spiro atoms. The third-order valence-electron chi connectivity index (χ3n) is 4.62. The predicted molar refractivity (Wildman–Crippen MR) is 86.0 cm³/mol. The van der Waals surface area contributed by atoms with Crippen LogP contribution in [0.4, 0.5) is 0 Å². The second kappa shape index (κ2) is 7.74. The molecule has 6 heteroatoms. The molecule has 2 aliphatic rings. The zero-order valence-electron chi connectivity index (χ0n) is 11.7. The van der Waals surface area contributed by atoms with Gasteiger partial charge in [0.25, 0.3) is 0 Å². The second-order valence-electron chi connectivity index (χ2n) is 6.17. The van der Waals surface area contributed by atoms with E-state index in [9.17, 15) is 0 Å². The molecule has 3 atom stereocenters. The van der Waals surface area contributed by atoms with Gasteiger partial charge >= 0.3 is 0 Å². The first-order chi connectivity index (χ1) is 8.08. The fourth-order valence-electron chi connectivity index (χ4n) is 3.28. The molecule has 0 saturated carbocycles. The Morgan fingerprint density at radius 1 is 0.941 bits per heavy atom. The fraction of sp³-hybridized carbons (Fsp3) is 1.00. The molecule has 2 fully saturated rings. The SMILES string of the molecule is [B][B]B1C(C)CC[C@H]1C.[B][B]B1CCC(C)C1. The average molecular weight is 219 g/mol. The van der Waals surface area contributed by atoms with Gasteiger partial charge < -0.3 is 0 Å². The Labute approximate surface area is 113 Å². The molecule has 6 radical (unpaired) electrons. The molecular weight excluding hydrogens is 197 g/mol. The molecule has 0 aromatic carbocycles. The van der Waals surface area contributed by atoms with Gasteiger partial charge in [0.15, 0.2) is 0 Å². The molecule has 0 aliphatic carbocycles. The van der Waals surface area contributed by atoms with Crippen molar-refractivity contribution in [3.05, 3.63) is 0 Å². The van der Waals surface area contributed by atoms with Crippen LogP contribution in [0.1, 0.15) is 40.0 Å². The van der Waals surface area contributed by atoms with Crippen LogP contribution in [0.5, 0.6) is 0 Å². The molecule has 2 aliphatic heterocycles. The van der Waals surface area contributed by atoms with Crippen LogP contribution in [0.2, 0.25) is 24.3 Å². The summed E-state index contributed by atoms with van der Waals surface area (Å²) in [7, 11) is 14.6. The van der Waals surface area contributed by atoms with Crippen molar-refractivity contribution in [1.29, 1.82) is 0 Å². The normalized spacial score (nSPS) is 32.1. The lowest BCUT2D eigenvalue weighted by atomic mass is 9.08. The molecule has 84 valence electrons.